The Hall–Kier alpha value is -3.59. The van der Waals surface area contributed by atoms with Crippen LogP contribution in [0.3, 0.4) is 0 Å². The number of para-hydroxylation sites is 2. The molecule has 4 aromatic rings. The molecular formula is C25H27N7OS. The number of thioether (sulfide) groups is 1. The van der Waals surface area contributed by atoms with E-state index in [1.807, 2.05) is 73.7 Å². The Morgan fingerprint density at radius 3 is 2.32 bits per heavy atom. The normalized spacial score (nSPS) is 13.7. The van der Waals surface area contributed by atoms with Crippen LogP contribution in [0.4, 0.5) is 11.8 Å². The zero-order valence-corrected chi connectivity index (χ0v) is 19.9. The highest BCUT2D eigenvalue weighted by Gasteiger charge is 2.22. The summed E-state index contributed by atoms with van der Waals surface area (Å²) in [6.07, 6.45) is 3.55. The Labute approximate surface area is 203 Å². The Bertz CT molecular complexity index is 1250. The lowest BCUT2D eigenvalue weighted by Crippen LogP contribution is -2.31. The van der Waals surface area contributed by atoms with Gasteiger partial charge in [0.25, 0.3) is 0 Å². The maximum Gasteiger partial charge on any atom is 0.236 e. The minimum absolute atomic E-state index is 0.121. The lowest BCUT2D eigenvalue weighted by Gasteiger charge is -2.27. The molecule has 1 saturated heterocycles. The molecule has 34 heavy (non-hydrogen) atoms. The second-order valence-electron chi connectivity index (χ2n) is 8.26. The summed E-state index contributed by atoms with van der Waals surface area (Å²) in [5, 5.41) is 17.2. The van der Waals surface area contributed by atoms with E-state index in [9.17, 15) is 4.79 Å². The Morgan fingerprint density at radius 2 is 1.62 bits per heavy atom. The summed E-state index contributed by atoms with van der Waals surface area (Å²) in [4.78, 5) is 15.2. The quantitative estimate of drug-likeness (QED) is 0.399. The molecule has 1 aliphatic heterocycles. The van der Waals surface area contributed by atoms with Crippen LogP contribution >= 0.6 is 11.8 Å². The van der Waals surface area contributed by atoms with Crippen molar-refractivity contribution >= 4 is 29.4 Å². The van der Waals surface area contributed by atoms with Crippen LogP contribution in [-0.2, 0) is 4.79 Å². The van der Waals surface area contributed by atoms with Crippen molar-refractivity contribution in [3.63, 3.8) is 0 Å². The molecule has 174 valence electrons. The van der Waals surface area contributed by atoms with E-state index in [1.54, 1.807) is 4.68 Å². The summed E-state index contributed by atoms with van der Waals surface area (Å²) in [5.41, 5.74) is 2.73. The number of amides is 1. The molecule has 0 radical (unpaired) electrons. The molecule has 0 aliphatic carbocycles. The fraction of sp³-hybridized carbons (Fsp3) is 0.280. The molecule has 1 fully saturated rings. The van der Waals surface area contributed by atoms with E-state index in [-0.39, 0.29) is 11.7 Å². The van der Waals surface area contributed by atoms with Gasteiger partial charge < -0.3 is 10.2 Å². The lowest BCUT2D eigenvalue weighted by molar-refractivity contribution is -0.113. The third-order valence-corrected chi connectivity index (χ3v) is 6.63. The van der Waals surface area contributed by atoms with Crippen LogP contribution in [0.15, 0.2) is 71.9 Å². The molecule has 1 amide bonds. The Kier molecular flexibility index (Phi) is 6.62. The molecule has 2 aromatic heterocycles. The first-order valence-corrected chi connectivity index (χ1v) is 12.5. The van der Waals surface area contributed by atoms with Gasteiger partial charge in [0.2, 0.25) is 11.9 Å². The van der Waals surface area contributed by atoms with Crippen molar-refractivity contribution in [3.05, 3.63) is 72.4 Å². The Morgan fingerprint density at radius 1 is 0.941 bits per heavy atom. The van der Waals surface area contributed by atoms with Gasteiger partial charge in [0, 0.05) is 19.2 Å². The maximum atomic E-state index is 12.9. The van der Waals surface area contributed by atoms with Crippen molar-refractivity contribution < 1.29 is 4.79 Å². The molecule has 2 aromatic carbocycles. The smallest absolute Gasteiger partial charge is 0.236 e. The number of carbonyl (C=O) groups excluding carboxylic acids is 1. The van der Waals surface area contributed by atoms with Crippen molar-refractivity contribution in [3.8, 4) is 11.4 Å². The van der Waals surface area contributed by atoms with Gasteiger partial charge in [0.1, 0.15) is 5.82 Å². The van der Waals surface area contributed by atoms with Crippen molar-refractivity contribution in [2.75, 3.05) is 29.1 Å². The molecule has 0 unspecified atom stereocenters. The number of carbonyl (C=O) groups is 1. The average Bonchev–Trinajstić information content (AvgIpc) is 3.47. The molecule has 1 N–H and O–H groups in total. The zero-order valence-electron chi connectivity index (χ0n) is 19.1. The van der Waals surface area contributed by atoms with Crippen LogP contribution in [0, 0.1) is 6.92 Å². The van der Waals surface area contributed by atoms with Gasteiger partial charge in [-0.1, -0.05) is 48.2 Å². The fourth-order valence-electron chi connectivity index (χ4n) is 4.12. The van der Waals surface area contributed by atoms with Crippen molar-refractivity contribution in [1.29, 1.82) is 0 Å². The number of aryl methyl sites for hydroxylation is 1. The number of hydrogen-bond acceptors (Lipinski definition) is 6. The molecule has 0 saturated carbocycles. The predicted octanol–water partition coefficient (Wildman–Crippen LogP) is 4.48. The van der Waals surface area contributed by atoms with E-state index < -0.39 is 0 Å². The second-order valence-corrected chi connectivity index (χ2v) is 9.20. The number of anilines is 2. The van der Waals surface area contributed by atoms with Crippen LogP contribution in [0.2, 0.25) is 0 Å². The summed E-state index contributed by atoms with van der Waals surface area (Å²) >= 11 is 1.38. The van der Waals surface area contributed by atoms with Gasteiger partial charge in [-0.2, -0.15) is 5.10 Å². The fourth-order valence-corrected chi connectivity index (χ4v) is 4.87. The number of hydrogen-bond donors (Lipinski definition) is 1. The van der Waals surface area contributed by atoms with E-state index in [0.29, 0.717) is 11.0 Å². The van der Waals surface area contributed by atoms with E-state index in [0.717, 1.165) is 48.9 Å². The largest absolute Gasteiger partial charge is 0.341 e. The zero-order chi connectivity index (χ0) is 23.3. The molecule has 0 atom stereocenters. The monoisotopic (exact) mass is 473 g/mol. The van der Waals surface area contributed by atoms with Gasteiger partial charge in [0.15, 0.2) is 5.16 Å². The average molecular weight is 474 g/mol. The molecule has 0 bridgehead atoms. The summed E-state index contributed by atoms with van der Waals surface area (Å²) in [6, 6.07) is 21.7. The molecule has 1 aliphatic rings. The third kappa shape index (κ3) is 4.84. The van der Waals surface area contributed by atoms with Crippen molar-refractivity contribution in [2.45, 2.75) is 31.3 Å². The first kappa shape index (κ1) is 22.2. The molecular weight excluding hydrogens is 446 g/mol. The van der Waals surface area contributed by atoms with E-state index in [4.69, 9.17) is 0 Å². The number of rotatable bonds is 7. The summed E-state index contributed by atoms with van der Waals surface area (Å²) < 4.78 is 3.81. The van der Waals surface area contributed by atoms with Crippen LogP contribution in [0.25, 0.3) is 11.4 Å². The van der Waals surface area contributed by atoms with E-state index in [2.05, 4.69) is 30.1 Å². The van der Waals surface area contributed by atoms with Crippen LogP contribution in [-0.4, -0.2) is 49.3 Å². The SMILES string of the molecule is Cc1cc(NC(=O)CSc2nnc(N3CCCCC3)n2-c2ccccc2)n(-c2ccccc2)n1. The highest BCUT2D eigenvalue weighted by molar-refractivity contribution is 7.99. The molecule has 0 spiro atoms. The lowest BCUT2D eigenvalue weighted by atomic mass is 10.1. The molecule has 3 heterocycles. The number of aromatic nitrogens is 5. The third-order valence-electron chi connectivity index (χ3n) is 5.70. The number of nitrogens with zero attached hydrogens (tertiary/aromatic N) is 6. The number of nitrogens with one attached hydrogen (secondary N) is 1. The molecule has 5 rings (SSSR count). The van der Waals surface area contributed by atoms with E-state index in [1.165, 1.54) is 18.2 Å². The highest BCUT2D eigenvalue weighted by Crippen LogP contribution is 2.28. The standard InChI is InChI=1S/C25H27N7OS/c1-19-17-22(32(29-19)21-13-7-3-8-14-21)26-23(33)18-34-25-28-27-24(30-15-9-4-10-16-30)31(25)20-11-5-2-6-12-20/h2-3,5-8,11-14,17H,4,9-10,15-16,18H2,1H3,(H,26,33). The maximum absolute atomic E-state index is 12.9. The van der Waals surface area contributed by atoms with Gasteiger partial charge in [-0.25, -0.2) is 4.68 Å². The topological polar surface area (TPSA) is 80.9 Å². The highest BCUT2D eigenvalue weighted by atomic mass is 32.2. The minimum Gasteiger partial charge on any atom is -0.341 e. The second kappa shape index (κ2) is 10.1. The number of benzene rings is 2. The summed E-state index contributed by atoms with van der Waals surface area (Å²) in [7, 11) is 0. The van der Waals surface area contributed by atoms with Gasteiger partial charge in [-0.15, -0.1) is 10.2 Å². The molecule has 8 nitrogen and oxygen atoms in total. The van der Waals surface area contributed by atoms with E-state index >= 15 is 0 Å². The summed E-state index contributed by atoms with van der Waals surface area (Å²) in [5.74, 6) is 1.58. The van der Waals surface area contributed by atoms with Gasteiger partial charge in [0.05, 0.1) is 22.8 Å². The van der Waals surface area contributed by atoms with Crippen LogP contribution in [0.5, 0.6) is 0 Å². The first-order chi connectivity index (χ1) is 16.7. The van der Waals surface area contributed by atoms with Crippen LogP contribution < -0.4 is 10.2 Å². The Balaban J connectivity index is 1.34. The summed E-state index contributed by atoms with van der Waals surface area (Å²) in [6.45, 7) is 3.85. The predicted molar refractivity (Wildman–Crippen MR) is 135 cm³/mol. The minimum atomic E-state index is -0.121. The number of piperidine rings is 1. The van der Waals surface area contributed by atoms with Gasteiger partial charge in [-0.3, -0.25) is 9.36 Å². The van der Waals surface area contributed by atoms with Gasteiger partial charge >= 0.3 is 0 Å². The molecule has 9 heteroatoms. The van der Waals surface area contributed by atoms with Crippen LogP contribution in [0.1, 0.15) is 25.0 Å². The first-order valence-electron chi connectivity index (χ1n) is 11.5. The van der Waals surface area contributed by atoms with Crippen molar-refractivity contribution in [1.82, 2.24) is 24.5 Å². The van der Waals surface area contributed by atoms with Gasteiger partial charge in [-0.05, 0) is 50.5 Å². The van der Waals surface area contributed by atoms with Crippen molar-refractivity contribution in [2.24, 2.45) is 0 Å².